The van der Waals surface area contributed by atoms with Gasteiger partial charge in [0.05, 0.1) is 11.7 Å². The Labute approximate surface area is 120 Å². The molecule has 0 saturated carbocycles. The van der Waals surface area contributed by atoms with Crippen LogP contribution in [0.3, 0.4) is 0 Å². The molecule has 0 saturated heterocycles. The number of hydrogen-bond donors (Lipinski definition) is 3. The summed E-state index contributed by atoms with van der Waals surface area (Å²) in [5, 5.41) is 14.6. The highest BCUT2D eigenvalue weighted by Crippen LogP contribution is 2.21. The summed E-state index contributed by atoms with van der Waals surface area (Å²) in [5.41, 5.74) is 10.2. The van der Waals surface area contributed by atoms with E-state index in [9.17, 15) is 0 Å². The van der Waals surface area contributed by atoms with Crippen molar-refractivity contribution in [3.63, 3.8) is 0 Å². The van der Waals surface area contributed by atoms with Gasteiger partial charge in [0.15, 0.2) is 0 Å². The first-order valence-electron chi connectivity index (χ1n) is 5.36. The smallest absolute Gasteiger partial charge is 0.205 e. The average molecular weight is 337 g/mol. The monoisotopic (exact) mass is 336 g/mol. The van der Waals surface area contributed by atoms with Gasteiger partial charge in [-0.25, -0.2) is 4.98 Å². The van der Waals surface area contributed by atoms with E-state index in [1.807, 2.05) is 18.2 Å². The lowest BCUT2D eigenvalue weighted by atomic mass is 10.2. The van der Waals surface area contributed by atoms with Crippen LogP contribution < -0.4 is 11.2 Å². The number of nitrogen functional groups attached to an aromatic ring is 1. The summed E-state index contributed by atoms with van der Waals surface area (Å²) in [5.74, 6) is 0.492. The molecule has 0 aliphatic rings. The largest absolute Gasteiger partial charge is 0.383 e. The number of aromatic nitrogens is 3. The number of halogens is 1. The van der Waals surface area contributed by atoms with Crippen molar-refractivity contribution < 1.29 is 0 Å². The second-order valence-corrected chi connectivity index (χ2v) is 5.41. The molecular weight excluding hydrogens is 328 g/mol. The maximum Gasteiger partial charge on any atom is 0.205 e. The van der Waals surface area contributed by atoms with Gasteiger partial charge in [-0.05, 0) is 33.6 Å². The van der Waals surface area contributed by atoms with Crippen molar-refractivity contribution in [3.8, 4) is 0 Å². The van der Waals surface area contributed by atoms with Gasteiger partial charge in [0, 0.05) is 10.8 Å². The number of H-pyrrole nitrogens is 1. The number of nitrogens with one attached hydrogen (secondary N) is 2. The first-order chi connectivity index (χ1) is 9.22. The first kappa shape index (κ1) is 12.1. The number of nitrogens with two attached hydrogens (primary N) is 1. The normalized spacial score (nSPS) is 11.4. The average Bonchev–Trinajstić information content (AvgIpc) is 2.97. The molecule has 3 rings (SSSR count). The zero-order valence-electron chi connectivity index (χ0n) is 9.59. The van der Waals surface area contributed by atoms with Gasteiger partial charge in [0.2, 0.25) is 5.13 Å². The van der Waals surface area contributed by atoms with Crippen LogP contribution in [0.4, 0.5) is 10.9 Å². The zero-order valence-corrected chi connectivity index (χ0v) is 12.0. The van der Waals surface area contributed by atoms with Crippen molar-refractivity contribution in [1.29, 1.82) is 0 Å². The van der Waals surface area contributed by atoms with Gasteiger partial charge in [-0.1, -0.05) is 6.07 Å². The van der Waals surface area contributed by atoms with Crippen LogP contribution in [-0.4, -0.2) is 21.4 Å². The Hall–Kier alpha value is -1.93. The van der Waals surface area contributed by atoms with Crippen molar-refractivity contribution in [3.05, 3.63) is 33.7 Å². The summed E-state index contributed by atoms with van der Waals surface area (Å²) in [7, 11) is 0. The van der Waals surface area contributed by atoms with Crippen LogP contribution in [-0.2, 0) is 0 Å². The summed E-state index contributed by atoms with van der Waals surface area (Å²) in [6.45, 7) is 0. The fraction of sp³-hybridized carbons (Fsp3) is 0. The molecule has 19 heavy (non-hydrogen) atoms. The molecule has 0 bridgehead atoms. The summed E-state index contributed by atoms with van der Waals surface area (Å²) in [6, 6.07) is 5.86. The maximum absolute atomic E-state index is 5.52. The van der Waals surface area contributed by atoms with Crippen molar-refractivity contribution >= 4 is 55.3 Å². The second kappa shape index (κ2) is 4.98. The lowest BCUT2D eigenvalue weighted by Crippen LogP contribution is -1.91. The van der Waals surface area contributed by atoms with Crippen molar-refractivity contribution in [1.82, 2.24) is 15.2 Å². The summed E-state index contributed by atoms with van der Waals surface area (Å²) >= 11 is 4.82. The molecule has 2 aromatic heterocycles. The van der Waals surface area contributed by atoms with Gasteiger partial charge >= 0.3 is 0 Å². The molecule has 6 nitrogen and oxygen atoms in total. The van der Waals surface area contributed by atoms with Crippen molar-refractivity contribution in [2.75, 3.05) is 11.2 Å². The molecule has 2 heterocycles. The van der Waals surface area contributed by atoms with Crippen LogP contribution in [0.2, 0.25) is 0 Å². The molecule has 0 fully saturated rings. The second-order valence-electron chi connectivity index (χ2n) is 3.76. The molecule has 1 aromatic carbocycles. The van der Waals surface area contributed by atoms with E-state index in [1.54, 1.807) is 11.6 Å². The van der Waals surface area contributed by atoms with E-state index in [4.69, 9.17) is 5.73 Å². The van der Waals surface area contributed by atoms with E-state index in [0.29, 0.717) is 10.9 Å². The Kier molecular flexibility index (Phi) is 3.18. The molecule has 0 radical (unpaired) electrons. The van der Waals surface area contributed by atoms with E-state index in [0.717, 1.165) is 21.1 Å². The molecule has 0 aliphatic carbocycles. The van der Waals surface area contributed by atoms with Crippen LogP contribution >= 0.6 is 27.3 Å². The number of hydrazone groups is 1. The Bertz CT molecular complexity index is 747. The molecule has 0 atom stereocenters. The first-order valence-corrected chi connectivity index (χ1v) is 7.03. The van der Waals surface area contributed by atoms with Crippen molar-refractivity contribution in [2.45, 2.75) is 0 Å². The number of anilines is 2. The van der Waals surface area contributed by atoms with E-state index < -0.39 is 0 Å². The number of nitrogens with zero attached hydrogens (tertiary/aromatic N) is 3. The highest BCUT2D eigenvalue weighted by atomic mass is 79.9. The van der Waals surface area contributed by atoms with Crippen LogP contribution in [0.15, 0.2) is 33.3 Å². The van der Waals surface area contributed by atoms with E-state index in [1.165, 1.54) is 11.3 Å². The Morgan fingerprint density at radius 2 is 2.37 bits per heavy atom. The minimum absolute atomic E-state index is 0.492. The predicted molar refractivity (Wildman–Crippen MR) is 81.5 cm³/mol. The Morgan fingerprint density at radius 3 is 3.16 bits per heavy atom. The van der Waals surface area contributed by atoms with E-state index in [2.05, 4.69) is 41.6 Å². The molecule has 0 spiro atoms. The topological polar surface area (TPSA) is 92.0 Å². The summed E-state index contributed by atoms with van der Waals surface area (Å²) in [4.78, 5) is 4.05. The lowest BCUT2D eigenvalue weighted by molar-refractivity contribution is 1.10. The number of fused-ring (bicyclic) bond motifs is 1. The molecule has 0 aliphatic heterocycles. The molecule has 4 N–H and O–H groups in total. The maximum atomic E-state index is 5.52. The molecular formula is C11H9BrN6S. The predicted octanol–water partition coefficient (Wildman–Crippen LogP) is 2.81. The zero-order chi connectivity index (χ0) is 13.2. The number of benzene rings is 1. The highest BCUT2D eigenvalue weighted by molar-refractivity contribution is 9.10. The summed E-state index contributed by atoms with van der Waals surface area (Å²) < 4.78 is 0.860. The Balaban J connectivity index is 1.78. The highest BCUT2D eigenvalue weighted by Gasteiger charge is 2.02. The Morgan fingerprint density at radius 1 is 1.47 bits per heavy atom. The van der Waals surface area contributed by atoms with Gasteiger partial charge in [0.1, 0.15) is 10.4 Å². The van der Waals surface area contributed by atoms with Crippen LogP contribution in [0, 0.1) is 0 Å². The summed E-state index contributed by atoms with van der Waals surface area (Å²) in [6.07, 6.45) is 1.72. The SMILES string of the molecule is Nc1csc(NN=Cc2ccc3n[nH]c(Br)c3c2)n1. The van der Waals surface area contributed by atoms with E-state index in [-0.39, 0.29) is 0 Å². The fourth-order valence-corrected chi connectivity index (χ4v) is 2.53. The third-order valence-electron chi connectivity index (χ3n) is 2.43. The number of rotatable bonds is 3. The number of hydrogen-bond acceptors (Lipinski definition) is 6. The van der Waals surface area contributed by atoms with Crippen LogP contribution in [0.1, 0.15) is 5.56 Å². The number of thiazole rings is 1. The number of aromatic amines is 1. The quantitative estimate of drug-likeness (QED) is 0.506. The minimum Gasteiger partial charge on any atom is -0.383 e. The third-order valence-corrected chi connectivity index (χ3v) is 3.80. The van der Waals surface area contributed by atoms with Gasteiger partial charge in [-0.3, -0.25) is 10.5 Å². The standard InChI is InChI=1S/C11H9BrN6S/c12-10-7-3-6(1-2-8(7)16-17-10)4-14-18-11-15-9(13)5-19-11/h1-5H,13H2,(H,15,18)(H,16,17). The minimum atomic E-state index is 0.492. The van der Waals surface area contributed by atoms with Crippen LogP contribution in [0.5, 0.6) is 0 Å². The third kappa shape index (κ3) is 2.59. The van der Waals surface area contributed by atoms with Gasteiger partial charge in [0.25, 0.3) is 0 Å². The fourth-order valence-electron chi connectivity index (χ4n) is 1.58. The molecule has 0 amide bonds. The van der Waals surface area contributed by atoms with Crippen molar-refractivity contribution in [2.24, 2.45) is 5.10 Å². The van der Waals surface area contributed by atoms with E-state index >= 15 is 0 Å². The lowest BCUT2D eigenvalue weighted by Gasteiger charge is -1.95. The molecule has 0 unspecified atom stereocenters. The van der Waals surface area contributed by atoms with Crippen LogP contribution in [0.25, 0.3) is 10.9 Å². The molecule has 96 valence electrons. The van der Waals surface area contributed by atoms with Gasteiger partial charge in [-0.2, -0.15) is 10.2 Å². The molecule has 8 heteroatoms. The van der Waals surface area contributed by atoms with Gasteiger partial charge in [-0.15, -0.1) is 11.3 Å². The molecule has 3 aromatic rings. The van der Waals surface area contributed by atoms with Gasteiger partial charge < -0.3 is 5.73 Å².